The van der Waals surface area contributed by atoms with Crippen LogP contribution in [0.5, 0.6) is 11.5 Å². The molecular weight excluding hydrogens is 850 g/mol. The topological polar surface area (TPSA) is 140 Å². The lowest BCUT2D eigenvalue weighted by atomic mass is 9.80. The van der Waals surface area contributed by atoms with Gasteiger partial charge in [-0.15, -0.1) is 0 Å². The summed E-state index contributed by atoms with van der Waals surface area (Å²) in [5.74, 6) is 2.58. The summed E-state index contributed by atoms with van der Waals surface area (Å²) >= 11 is 2.93. The fraction of sp³-hybridized carbons (Fsp3) is 0.370. The van der Waals surface area contributed by atoms with Crippen molar-refractivity contribution in [1.82, 2.24) is 14.2 Å². The molecule has 0 amide bonds. The first kappa shape index (κ1) is 45.7. The molecule has 3 heterocycles. The van der Waals surface area contributed by atoms with Gasteiger partial charge in [0.1, 0.15) is 29.3 Å². The number of rotatable bonds is 21. The highest BCUT2D eigenvalue weighted by atomic mass is 32.7. The van der Waals surface area contributed by atoms with Crippen LogP contribution in [0.15, 0.2) is 131 Å². The highest BCUT2D eigenvalue weighted by Crippen LogP contribution is 2.59. The maximum Gasteiger partial charge on any atom is 0.330 e. The first-order valence-electron chi connectivity index (χ1n) is 20.4. The summed E-state index contributed by atoms with van der Waals surface area (Å²) in [5.41, 5.74) is -0.737. The van der Waals surface area contributed by atoms with Gasteiger partial charge in [-0.3, -0.25) is 23.8 Å². The van der Waals surface area contributed by atoms with E-state index in [4.69, 9.17) is 32.9 Å². The molecule has 2 aliphatic heterocycles. The Morgan fingerprint density at radius 3 is 2.02 bits per heavy atom. The summed E-state index contributed by atoms with van der Waals surface area (Å²) < 4.78 is 48.3. The van der Waals surface area contributed by atoms with Gasteiger partial charge >= 0.3 is 5.69 Å². The van der Waals surface area contributed by atoms with Crippen molar-refractivity contribution in [2.45, 2.75) is 36.4 Å². The van der Waals surface area contributed by atoms with Gasteiger partial charge in [-0.1, -0.05) is 108 Å². The molecule has 16 heteroatoms. The summed E-state index contributed by atoms with van der Waals surface area (Å²) in [6, 6.07) is 36.1. The minimum Gasteiger partial charge on any atom is -0.497 e. The average Bonchev–Trinajstić information content (AvgIpc) is 3.98. The molecule has 5 aromatic rings. The summed E-state index contributed by atoms with van der Waals surface area (Å²) in [6.07, 6.45) is 1.72. The number of hydrogen-bond acceptors (Lipinski definition) is 13. The zero-order valence-corrected chi connectivity index (χ0v) is 37.5. The second-order valence-corrected chi connectivity index (χ2v) is 19.3. The number of ether oxygens (including phenoxy) is 6. The number of aromatic nitrogens is 2. The van der Waals surface area contributed by atoms with Crippen molar-refractivity contribution in [1.29, 1.82) is 0 Å². The maximum absolute atomic E-state index is 13.8. The molecule has 0 radical (unpaired) electrons. The number of methoxy groups -OCH3 is 3. The standard InChI is InChI=1S/C46H52N3O10PS2/c1-53-28-29-57-45(49-27-24-41(50)47-44(49)52)33-56-40(42(45)59-60(48-25-10-11-26-48)62-31-30-61-43(51)34-12-6-4-7-13-34)32-58-46(35-14-8-5-9-15-35,36-16-20-38(54-2)21-17-36)37-18-22-39(55-3)23-19-37/h4-9,12-24,27,40,42H,10-11,25-26,28-33H2,1-3H3,(H,47,50,52)/t40-,42?,45-,60?/m1/s1. The highest BCUT2D eigenvalue weighted by molar-refractivity contribution is 8.53. The van der Waals surface area contributed by atoms with Gasteiger partial charge in [0.2, 0.25) is 10.8 Å². The minimum absolute atomic E-state index is 0.0117. The van der Waals surface area contributed by atoms with Gasteiger partial charge in [0.15, 0.2) is 7.50 Å². The molecule has 7 rings (SSSR count). The monoisotopic (exact) mass is 901 g/mol. The predicted octanol–water partition coefficient (Wildman–Crippen LogP) is 7.29. The largest absolute Gasteiger partial charge is 0.497 e. The zero-order valence-electron chi connectivity index (χ0n) is 35.0. The van der Waals surface area contributed by atoms with Crippen molar-refractivity contribution in [2.24, 2.45) is 0 Å². The fourth-order valence-electron chi connectivity index (χ4n) is 7.72. The predicted molar refractivity (Wildman–Crippen MR) is 243 cm³/mol. The number of carbonyl (C=O) groups is 1. The van der Waals surface area contributed by atoms with Crippen molar-refractivity contribution in [2.75, 3.05) is 72.4 Å². The molecule has 2 aliphatic rings. The number of benzene rings is 4. The van der Waals surface area contributed by atoms with Crippen LogP contribution in [0.3, 0.4) is 0 Å². The number of carbonyl (C=O) groups excluding carboxylic acids is 1. The second kappa shape index (κ2) is 21.9. The molecule has 4 atom stereocenters. The average molecular weight is 902 g/mol. The molecule has 4 aromatic carbocycles. The number of hydrogen-bond donors (Lipinski definition) is 1. The molecule has 2 fully saturated rings. The Hall–Kier alpha value is -4.28. The van der Waals surface area contributed by atoms with Gasteiger partial charge in [0.05, 0.1) is 40.6 Å². The van der Waals surface area contributed by atoms with E-state index >= 15 is 0 Å². The Bertz CT molecular complexity index is 2250. The van der Waals surface area contributed by atoms with Crippen LogP contribution >= 0.6 is 30.6 Å². The van der Waals surface area contributed by atoms with Crippen molar-refractivity contribution >= 4 is 35.8 Å². The molecule has 62 heavy (non-hydrogen) atoms. The summed E-state index contributed by atoms with van der Waals surface area (Å²) in [7, 11) is 3.44. The Labute approximate surface area is 371 Å². The molecule has 2 saturated heterocycles. The molecule has 328 valence electrons. The van der Waals surface area contributed by atoms with Gasteiger partial charge in [-0.05, 0) is 53.8 Å². The first-order chi connectivity index (χ1) is 30.3. The molecule has 1 N–H and O–H groups in total. The maximum atomic E-state index is 13.8. The van der Waals surface area contributed by atoms with Gasteiger partial charge in [-0.25, -0.2) is 4.79 Å². The summed E-state index contributed by atoms with van der Waals surface area (Å²) in [6.45, 7) is 1.86. The van der Waals surface area contributed by atoms with Gasteiger partial charge in [0.25, 0.3) is 5.56 Å². The van der Waals surface area contributed by atoms with E-state index in [1.54, 1.807) is 32.7 Å². The minimum atomic E-state index is -1.54. The number of H-pyrrole nitrogens is 1. The van der Waals surface area contributed by atoms with Crippen molar-refractivity contribution in [3.05, 3.63) is 165 Å². The van der Waals surface area contributed by atoms with Crippen LogP contribution in [0, 0.1) is 0 Å². The second-order valence-electron chi connectivity index (χ2n) is 14.6. The van der Waals surface area contributed by atoms with E-state index in [1.165, 1.54) is 28.6 Å². The molecular formula is C46H52N3O10PS2. The number of aromatic amines is 1. The van der Waals surface area contributed by atoms with Crippen LogP contribution in [0.25, 0.3) is 0 Å². The third-order valence-electron chi connectivity index (χ3n) is 10.8. The smallest absolute Gasteiger partial charge is 0.330 e. The fourth-order valence-corrected chi connectivity index (χ4v) is 13.0. The van der Waals surface area contributed by atoms with Gasteiger partial charge in [0, 0.05) is 49.5 Å². The van der Waals surface area contributed by atoms with Crippen LogP contribution in [-0.2, 0) is 34.8 Å². The van der Waals surface area contributed by atoms with Crippen molar-refractivity contribution < 1.29 is 37.7 Å². The lowest BCUT2D eigenvalue weighted by Crippen LogP contribution is -2.55. The number of nitrogens with zero attached hydrogens (tertiary/aromatic N) is 2. The van der Waals surface area contributed by atoms with Crippen LogP contribution in [0.1, 0.15) is 39.9 Å². The third-order valence-corrected chi connectivity index (χ3v) is 16.0. The Morgan fingerprint density at radius 2 is 1.42 bits per heavy atom. The van der Waals surface area contributed by atoms with Crippen molar-refractivity contribution in [3.8, 4) is 11.5 Å². The molecule has 13 nitrogen and oxygen atoms in total. The lowest BCUT2D eigenvalue weighted by Gasteiger charge is -2.40. The van der Waals surface area contributed by atoms with Crippen molar-refractivity contribution in [3.63, 3.8) is 0 Å². The van der Waals surface area contributed by atoms with Crippen LogP contribution in [-0.4, -0.2) is 104 Å². The van der Waals surface area contributed by atoms with Crippen LogP contribution in [0.4, 0.5) is 0 Å². The highest BCUT2D eigenvalue weighted by Gasteiger charge is 2.56. The Balaban J connectivity index is 1.28. The number of nitrogens with one attached hydrogen (secondary N) is 1. The van der Waals surface area contributed by atoms with Gasteiger partial charge in [-0.2, -0.15) is 0 Å². The van der Waals surface area contributed by atoms with Crippen LogP contribution in [0.2, 0.25) is 0 Å². The molecule has 0 spiro atoms. The zero-order chi connectivity index (χ0) is 43.4. The molecule has 0 saturated carbocycles. The molecule has 0 bridgehead atoms. The quantitative estimate of drug-likeness (QED) is 0.0449. The molecule has 1 aromatic heterocycles. The van der Waals surface area contributed by atoms with Crippen LogP contribution < -0.4 is 20.7 Å². The van der Waals surface area contributed by atoms with Gasteiger partial charge < -0.3 is 32.9 Å². The normalized spacial score (nSPS) is 19.7. The Kier molecular flexibility index (Phi) is 16.1. The van der Waals surface area contributed by atoms with E-state index in [0.29, 0.717) is 28.6 Å². The van der Waals surface area contributed by atoms with E-state index < -0.39 is 42.3 Å². The molecule has 0 aliphatic carbocycles. The van der Waals surface area contributed by atoms with E-state index in [-0.39, 0.29) is 31.5 Å². The summed E-state index contributed by atoms with van der Waals surface area (Å²) in [5, 5.41) is 0.0117. The van der Waals surface area contributed by atoms with E-state index in [1.807, 2.05) is 109 Å². The van der Waals surface area contributed by atoms with E-state index in [0.717, 1.165) is 42.6 Å². The van der Waals surface area contributed by atoms with E-state index in [9.17, 15) is 14.4 Å². The SMILES string of the molecule is COCCO[C@]1(n2ccc(=O)[nH]c2=O)CO[C@H](COC(c2ccccc2)(c2ccc(OC)cc2)c2ccc(OC)cc2)C1OP(SCCSC(=O)c1ccccc1)N1CCCC1. The Morgan fingerprint density at radius 1 is 0.806 bits per heavy atom. The lowest BCUT2D eigenvalue weighted by molar-refractivity contribution is -0.162. The number of thioether (sulfide) groups is 1. The summed E-state index contributed by atoms with van der Waals surface area (Å²) in [4.78, 5) is 41.7. The van der Waals surface area contributed by atoms with E-state index in [2.05, 4.69) is 9.65 Å². The third kappa shape index (κ3) is 10.4. The molecule has 2 unspecified atom stereocenters. The first-order valence-corrected chi connectivity index (χ1v) is 24.2.